The largest absolute Gasteiger partial charge is 0.384 e. The average Bonchev–Trinajstić information content (AvgIpc) is 2.45. The number of aromatic nitrogens is 2. The number of nitrogens with zero attached hydrogens (tertiary/aromatic N) is 2. The Morgan fingerprint density at radius 1 is 1.32 bits per heavy atom. The fourth-order valence-electron chi connectivity index (χ4n) is 1.83. The van der Waals surface area contributed by atoms with E-state index in [1.54, 1.807) is 30.6 Å². The Labute approximate surface area is 111 Å². The molecule has 0 fully saturated rings. The Balaban J connectivity index is 2.13. The van der Waals surface area contributed by atoms with Gasteiger partial charge in [-0.15, -0.1) is 0 Å². The summed E-state index contributed by atoms with van der Waals surface area (Å²) in [6.45, 7) is 2.01. The molecule has 0 saturated heterocycles. The quantitative estimate of drug-likeness (QED) is 0.876. The zero-order valence-corrected chi connectivity index (χ0v) is 10.7. The third-order valence-electron chi connectivity index (χ3n) is 2.83. The number of carbonyl (C=O) groups is 1. The van der Waals surface area contributed by atoms with Gasteiger partial charge in [0.05, 0.1) is 6.04 Å². The molecular weight excluding hydrogens is 240 g/mol. The van der Waals surface area contributed by atoms with Crippen LogP contribution < -0.4 is 11.1 Å². The summed E-state index contributed by atoms with van der Waals surface area (Å²) in [5.74, 6) is 0.112. The fraction of sp³-hybridized carbons (Fsp3) is 0.214. The Hall–Kier alpha value is -2.43. The summed E-state index contributed by atoms with van der Waals surface area (Å²) in [7, 11) is 0. The maximum atomic E-state index is 12.1. The third kappa shape index (κ3) is 3.28. The van der Waals surface area contributed by atoms with Gasteiger partial charge in [-0.1, -0.05) is 13.0 Å². The maximum absolute atomic E-state index is 12.1. The molecule has 0 aliphatic carbocycles. The van der Waals surface area contributed by atoms with Crippen LogP contribution in [0.4, 0.5) is 5.82 Å². The van der Waals surface area contributed by atoms with E-state index in [1.165, 1.54) is 0 Å². The second-order valence-electron chi connectivity index (χ2n) is 4.16. The Morgan fingerprint density at radius 2 is 2.05 bits per heavy atom. The number of anilines is 1. The molecule has 19 heavy (non-hydrogen) atoms. The van der Waals surface area contributed by atoms with E-state index >= 15 is 0 Å². The first-order valence-electron chi connectivity index (χ1n) is 6.14. The van der Waals surface area contributed by atoms with Crippen molar-refractivity contribution in [2.24, 2.45) is 0 Å². The first kappa shape index (κ1) is 13.0. The molecule has 0 spiro atoms. The van der Waals surface area contributed by atoms with Crippen molar-refractivity contribution in [1.29, 1.82) is 0 Å². The van der Waals surface area contributed by atoms with Crippen molar-refractivity contribution in [3.05, 3.63) is 54.0 Å². The van der Waals surface area contributed by atoms with Crippen LogP contribution in [0.1, 0.15) is 35.4 Å². The minimum Gasteiger partial charge on any atom is -0.384 e. The second-order valence-corrected chi connectivity index (χ2v) is 4.16. The highest BCUT2D eigenvalue weighted by Crippen LogP contribution is 2.15. The van der Waals surface area contributed by atoms with Gasteiger partial charge >= 0.3 is 0 Å². The van der Waals surface area contributed by atoms with Gasteiger partial charge in [0.1, 0.15) is 11.5 Å². The summed E-state index contributed by atoms with van der Waals surface area (Å²) in [5, 5.41) is 2.94. The molecule has 98 valence electrons. The highest BCUT2D eigenvalue weighted by atomic mass is 16.1. The van der Waals surface area contributed by atoms with Crippen LogP contribution in [0, 0.1) is 0 Å². The summed E-state index contributed by atoms with van der Waals surface area (Å²) in [6, 6.07) is 8.73. The molecule has 0 aromatic carbocycles. The van der Waals surface area contributed by atoms with Crippen LogP contribution >= 0.6 is 0 Å². The molecule has 1 atom stereocenters. The molecule has 5 nitrogen and oxygen atoms in total. The lowest BCUT2D eigenvalue weighted by atomic mass is 10.1. The summed E-state index contributed by atoms with van der Waals surface area (Å²) in [5.41, 5.74) is 6.92. The minimum atomic E-state index is -0.226. The highest BCUT2D eigenvalue weighted by molar-refractivity contribution is 5.92. The molecule has 2 rings (SSSR count). The van der Waals surface area contributed by atoms with E-state index in [0.717, 1.165) is 12.0 Å². The third-order valence-corrected chi connectivity index (χ3v) is 2.83. The molecule has 0 aliphatic rings. The van der Waals surface area contributed by atoms with Crippen molar-refractivity contribution in [2.75, 3.05) is 5.73 Å². The van der Waals surface area contributed by atoms with E-state index in [0.29, 0.717) is 11.5 Å². The fourth-order valence-corrected chi connectivity index (χ4v) is 1.83. The van der Waals surface area contributed by atoms with Gasteiger partial charge in [-0.2, -0.15) is 0 Å². The Bertz CT molecular complexity index is 556. The van der Waals surface area contributed by atoms with Crippen LogP contribution in [-0.4, -0.2) is 15.9 Å². The Kier molecular flexibility index (Phi) is 4.07. The van der Waals surface area contributed by atoms with Crippen LogP contribution in [0.2, 0.25) is 0 Å². The number of nitrogens with one attached hydrogen (secondary N) is 1. The predicted octanol–water partition coefficient (Wildman–Crippen LogP) is 1.94. The Morgan fingerprint density at radius 3 is 2.68 bits per heavy atom. The summed E-state index contributed by atoms with van der Waals surface area (Å²) < 4.78 is 0. The lowest BCUT2D eigenvalue weighted by molar-refractivity contribution is 0.0930. The van der Waals surface area contributed by atoms with Crippen LogP contribution in [0.15, 0.2) is 42.7 Å². The minimum absolute atomic E-state index is 0.0567. The van der Waals surface area contributed by atoms with Gasteiger partial charge in [0, 0.05) is 12.4 Å². The number of pyridine rings is 2. The summed E-state index contributed by atoms with van der Waals surface area (Å²) in [4.78, 5) is 20.1. The smallest absolute Gasteiger partial charge is 0.270 e. The molecule has 1 amide bonds. The average molecular weight is 256 g/mol. The van der Waals surface area contributed by atoms with E-state index in [4.69, 9.17) is 5.73 Å². The number of nitrogen functional groups attached to an aromatic ring is 1. The molecule has 0 aliphatic heterocycles. The van der Waals surface area contributed by atoms with Crippen molar-refractivity contribution < 1.29 is 4.79 Å². The molecule has 0 radical (unpaired) electrons. The maximum Gasteiger partial charge on any atom is 0.270 e. The van der Waals surface area contributed by atoms with Crippen molar-refractivity contribution in [3.8, 4) is 0 Å². The van der Waals surface area contributed by atoms with E-state index < -0.39 is 0 Å². The zero-order chi connectivity index (χ0) is 13.7. The van der Waals surface area contributed by atoms with Crippen LogP contribution in [0.25, 0.3) is 0 Å². The van der Waals surface area contributed by atoms with Crippen LogP contribution in [-0.2, 0) is 0 Å². The van der Waals surface area contributed by atoms with Gasteiger partial charge in [0.15, 0.2) is 0 Å². The summed E-state index contributed by atoms with van der Waals surface area (Å²) in [6.07, 6.45) is 4.21. The molecule has 2 heterocycles. The number of amides is 1. The van der Waals surface area contributed by atoms with Gasteiger partial charge in [-0.3, -0.25) is 9.78 Å². The second kappa shape index (κ2) is 5.95. The van der Waals surface area contributed by atoms with Gasteiger partial charge in [0.25, 0.3) is 5.91 Å². The van der Waals surface area contributed by atoms with Crippen LogP contribution in [0.5, 0.6) is 0 Å². The van der Waals surface area contributed by atoms with Crippen molar-refractivity contribution in [1.82, 2.24) is 15.3 Å². The molecule has 0 saturated carbocycles. The normalized spacial score (nSPS) is 11.8. The summed E-state index contributed by atoms with van der Waals surface area (Å²) >= 11 is 0. The van der Waals surface area contributed by atoms with E-state index in [-0.39, 0.29) is 11.9 Å². The molecule has 3 N–H and O–H groups in total. The van der Waals surface area contributed by atoms with Crippen LogP contribution in [0.3, 0.4) is 0 Å². The van der Waals surface area contributed by atoms with Gasteiger partial charge in [0.2, 0.25) is 0 Å². The lowest BCUT2D eigenvalue weighted by Gasteiger charge is -2.17. The molecule has 2 aromatic rings. The molecule has 5 heteroatoms. The van der Waals surface area contributed by atoms with Crippen molar-refractivity contribution in [2.45, 2.75) is 19.4 Å². The number of carbonyl (C=O) groups excluding carboxylic acids is 1. The van der Waals surface area contributed by atoms with E-state index in [9.17, 15) is 4.79 Å². The van der Waals surface area contributed by atoms with Crippen molar-refractivity contribution >= 4 is 11.7 Å². The van der Waals surface area contributed by atoms with Gasteiger partial charge in [-0.25, -0.2) is 4.98 Å². The number of rotatable bonds is 4. The molecule has 0 unspecified atom stereocenters. The monoisotopic (exact) mass is 256 g/mol. The number of nitrogens with two attached hydrogens (primary N) is 1. The highest BCUT2D eigenvalue weighted by Gasteiger charge is 2.14. The van der Waals surface area contributed by atoms with Gasteiger partial charge < -0.3 is 11.1 Å². The first-order chi connectivity index (χ1) is 9.20. The number of hydrogen-bond donors (Lipinski definition) is 2. The zero-order valence-electron chi connectivity index (χ0n) is 10.7. The molecular formula is C14H16N4O. The van der Waals surface area contributed by atoms with Crippen molar-refractivity contribution in [3.63, 3.8) is 0 Å². The topological polar surface area (TPSA) is 80.9 Å². The SMILES string of the molecule is CC[C@@H](NC(=O)c1cccc(N)n1)c1ccncc1. The van der Waals surface area contributed by atoms with E-state index in [2.05, 4.69) is 15.3 Å². The molecule has 2 aromatic heterocycles. The van der Waals surface area contributed by atoms with Gasteiger partial charge in [-0.05, 0) is 36.2 Å². The number of hydrogen-bond acceptors (Lipinski definition) is 4. The first-order valence-corrected chi connectivity index (χ1v) is 6.14. The molecule has 0 bridgehead atoms. The standard InChI is InChI=1S/C14H16N4O/c1-2-11(10-6-8-16-9-7-10)18-14(19)12-4-3-5-13(15)17-12/h3-9,11H,2H2,1H3,(H2,15,17)(H,18,19)/t11-/m1/s1. The predicted molar refractivity (Wildman–Crippen MR) is 73.4 cm³/mol. The van der Waals surface area contributed by atoms with E-state index in [1.807, 2.05) is 19.1 Å². The lowest BCUT2D eigenvalue weighted by Crippen LogP contribution is -2.29.